The summed E-state index contributed by atoms with van der Waals surface area (Å²) in [6.45, 7) is 3.74. The summed E-state index contributed by atoms with van der Waals surface area (Å²) in [5.74, 6) is -2.55. The number of anilines is 2. The number of benzene rings is 1. The molecule has 0 saturated heterocycles. The summed E-state index contributed by atoms with van der Waals surface area (Å²) >= 11 is 1.17. The second-order valence-corrected chi connectivity index (χ2v) is 5.69. The molecule has 0 amide bonds. The largest absolute Gasteiger partial charge is 0.495 e. The molecule has 2 aromatic heterocycles. The molecule has 8 heteroatoms. The van der Waals surface area contributed by atoms with Gasteiger partial charge in [0.1, 0.15) is 17.3 Å². The number of aromatic nitrogens is 2. The summed E-state index contributed by atoms with van der Waals surface area (Å²) in [6.07, 6.45) is 1.72. The lowest BCUT2D eigenvalue weighted by atomic mass is 10.2. The maximum atomic E-state index is 13.7. The SMILES string of the molecule is C=C(OC)c1cc(-c2csc(Nc3c(F)cc(F)cc3F)n2)c[nH]1. The number of aromatic amines is 1. The third kappa shape index (κ3) is 3.13. The Morgan fingerprint density at radius 3 is 2.62 bits per heavy atom. The molecule has 2 N–H and O–H groups in total. The van der Waals surface area contributed by atoms with Gasteiger partial charge in [0.05, 0.1) is 18.5 Å². The van der Waals surface area contributed by atoms with Crippen molar-refractivity contribution in [1.29, 1.82) is 0 Å². The molecule has 3 rings (SSSR count). The first kappa shape index (κ1) is 16.1. The second-order valence-electron chi connectivity index (χ2n) is 4.84. The summed E-state index contributed by atoms with van der Waals surface area (Å²) in [6, 6.07) is 3.01. The fourth-order valence-corrected chi connectivity index (χ4v) is 2.77. The van der Waals surface area contributed by atoms with Gasteiger partial charge < -0.3 is 15.0 Å². The lowest BCUT2D eigenvalue weighted by molar-refractivity contribution is 0.370. The van der Waals surface area contributed by atoms with E-state index in [4.69, 9.17) is 4.74 Å². The Hall–Kier alpha value is -2.74. The summed E-state index contributed by atoms with van der Waals surface area (Å²) in [5.41, 5.74) is 1.63. The number of nitrogens with one attached hydrogen (secondary N) is 2. The zero-order chi connectivity index (χ0) is 17.3. The van der Waals surface area contributed by atoms with Gasteiger partial charge in [0.2, 0.25) is 0 Å². The zero-order valence-corrected chi connectivity index (χ0v) is 13.3. The predicted octanol–water partition coefficient (Wildman–Crippen LogP) is 4.92. The zero-order valence-electron chi connectivity index (χ0n) is 12.5. The third-order valence-electron chi connectivity index (χ3n) is 3.27. The summed E-state index contributed by atoms with van der Waals surface area (Å²) < 4.78 is 45.3. The van der Waals surface area contributed by atoms with E-state index in [1.807, 2.05) is 0 Å². The molecule has 4 nitrogen and oxygen atoms in total. The summed E-state index contributed by atoms with van der Waals surface area (Å²) in [4.78, 5) is 7.27. The van der Waals surface area contributed by atoms with Gasteiger partial charge in [-0.25, -0.2) is 18.2 Å². The van der Waals surface area contributed by atoms with E-state index in [9.17, 15) is 13.2 Å². The number of rotatable bonds is 5. The van der Waals surface area contributed by atoms with Crippen LogP contribution in [0.2, 0.25) is 0 Å². The Bertz CT molecular complexity index is 881. The molecule has 0 saturated carbocycles. The molecule has 24 heavy (non-hydrogen) atoms. The van der Waals surface area contributed by atoms with Gasteiger partial charge in [0, 0.05) is 29.3 Å². The van der Waals surface area contributed by atoms with Crippen LogP contribution in [0.1, 0.15) is 5.69 Å². The number of halogens is 3. The number of hydrogen-bond donors (Lipinski definition) is 2. The quantitative estimate of drug-likeness (QED) is 0.642. The van der Waals surface area contributed by atoms with Crippen molar-refractivity contribution in [3.8, 4) is 11.3 Å². The first-order chi connectivity index (χ1) is 11.5. The number of hydrogen-bond acceptors (Lipinski definition) is 4. The van der Waals surface area contributed by atoms with Crippen molar-refractivity contribution >= 4 is 27.9 Å². The summed E-state index contributed by atoms with van der Waals surface area (Å²) in [5, 5.41) is 4.54. The molecule has 0 aliphatic heterocycles. The van der Waals surface area contributed by atoms with Crippen molar-refractivity contribution in [2.24, 2.45) is 0 Å². The van der Waals surface area contributed by atoms with Crippen molar-refractivity contribution in [1.82, 2.24) is 9.97 Å². The predicted molar refractivity (Wildman–Crippen MR) is 87.5 cm³/mol. The van der Waals surface area contributed by atoms with Crippen LogP contribution in [0.3, 0.4) is 0 Å². The van der Waals surface area contributed by atoms with Gasteiger partial charge >= 0.3 is 0 Å². The number of methoxy groups -OCH3 is 1. The van der Waals surface area contributed by atoms with Gasteiger partial charge in [0.15, 0.2) is 16.8 Å². The smallest absolute Gasteiger partial charge is 0.187 e. The Morgan fingerprint density at radius 2 is 1.96 bits per heavy atom. The number of ether oxygens (including phenoxy) is 1. The molecule has 0 atom stereocenters. The van der Waals surface area contributed by atoms with Gasteiger partial charge in [-0.3, -0.25) is 0 Å². The van der Waals surface area contributed by atoms with Crippen molar-refractivity contribution in [3.05, 3.63) is 59.5 Å². The number of H-pyrrole nitrogens is 1. The number of thiazole rings is 1. The van der Waals surface area contributed by atoms with Crippen LogP contribution in [0.25, 0.3) is 17.0 Å². The van der Waals surface area contributed by atoms with Crippen LogP contribution in [0.4, 0.5) is 24.0 Å². The average molecular weight is 351 g/mol. The minimum Gasteiger partial charge on any atom is -0.495 e. The van der Waals surface area contributed by atoms with Crippen LogP contribution < -0.4 is 5.32 Å². The average Bonchev–Trinajstić information content (AvgIpc) is 3.19. The van der Waals surface area contributed by atoms with Crippen LogP contribution in [-0.2, 0) is 4.74 Å². The highest BCUT2D eigenvalue weighted by Gasteiger charge is 2.14. The van der Waals surface area contributed by atoms with Gasteiger partial charge in [-0.2, -0.15) is 0 Å². The fraction of sp³-hybridized carbons (Fsp3) is 0.0625. The van der Waals surface area contributed by atoms with Crippen LogP contribution in [0.5, 0.6) is 0 Å². The monoisotopic (exact) mass is 351 g/mol. The molecular formula is C16H12F3N3OS. The highest BCUT2D eigenvalue weighted by atomic mass is 32.1. The van der Waals surface area contributed by atoms with E-state index in [0.717, 1.165) is 5.56 Å². The molecule has 0 unspecified atom stereocenters. The number of nitrogens with zero attached hydrogens (tertiary/aromatic N) is 1. The lowest BCUT2D eigenvalue weighted by Crippen LogP contribution is -1.98. The third-order valence-corrected chi connectivity index (χ3v) is 4.03. The lowest BCUT2D eigenvalue weighted by Gasteiger charge is -2.05. The Labute approximate surface area is 139 Å². The van der Waals surface area contributed by atoms with E-state index in [-0.39, 0.29) is 5.13 Å². The Balaban J connectivity index is 1.84. The Kier molecular flexibility index (Phi) is 4.30. The maximum Gasteiger partial charge on any atom is 0.187 e. The highest BCUT2D eigenvalue weighted by molar-refractivity contribution is 7.14. The molecule has 2 heterocycles. The summed E-state index contributed by atoms with van der Waals surface area (Å²) in [7, 11) is 1.51. The van der Waals surface area contributed by atoms with Crippen molar-refractivity contribution in [3.63, 3.8) is 0 Å². The van der Waals surface area contributed by atoms with Gasteiger partial charge in [-0.15, -0.1) is 11.3 Å². The normalized spacial score (nSPS) is 10.7. The molecule has 0 fully saturated rings. The first-order valence-corrected chi connectivity index (χ1v) is 7.65. The molecule has 0 aliphatic rings. The maximum absolute atomic E-state index is 13.7. The van der Waals surface area contributed by atoms with E-state index in [0.29, 0.717) is 29.3 Å². The molecule has 3 aromatic rings. The molecule has 124 valence electrons. The topological polar surface area (TPSA) is 49.9 Å². The van der Waals surface area contributed by atoms with E-state index >= 15 is 0 Å². The highest BCUT2D eigenvalue weighted by Crippen LogP contribution is 2.30. The fourth-order valence-electron chi connectivity index (χ4n) is 2.05. The van der Waals surface area contributed by atoms with Crippen LogP contribution in [0, 0.1) is 17.5 Å². The molecule has 1 aromatic carbocycles. The molecular weight excluding hydrogens is 339 g/mol. The van der Waals surface area contributed by atoms with Gasteiger partial charge in [-0.05, 0) is 6.07 Å². The van der Waals surface area contributed by atoms with Gasteiger partial charge in [-0.1, -0.05) is 6.58 Å². The van der Waals surface area contributed by atoms with E-state index in [2.05, 4.69) is 21.9 Å². The van der Waals surface area contributed by atoms with Crippen molar-refractivity contribution in [2.75, 3.05) is 12.4 Å². The van der Waals surface area contributed by atoms with Crippen LogP contribution in [-0.4, -0.2) is 17.1 Å². The minimum absolute atomic E-state index is 0.280. The van der Waals surface area contributed by atoms with Crippen LogP contribution in [0.15, 0.2) is 36.4 Å². The van der Waals surface area contributed by atoms with E-state index < -0.39 is 23.1 Å². The molecule has 0 spiro atoms. The standard InChI is InChI=1S/C16H12F3N3OS/c1-8(23-2)13-3-9(6-20-13)14-7-24-16(21-14)22-15-11(18)4-10(17)5-12(15)19/h3-7,20H,1H2,2H3,(H,21,22). The molecule has 0 radical (unpaired) electrons. The first-order valence-electron chi connectivity index (χ1n) is 6.77. The van der Waals surface area contributed by atoms with Crippen LogP contribution >= 0.6 is 11.3 Å². The van der Waals surface area contributed by atoms with Crippen molar-refractivity contribution < 1.29 is 17.9 Å². The van der Waals surface area contributed by atoms with Gasteiger partial charge in [0.25, 0.3) is 0 Å². The van der Waals surface area contributed by atoms with E-state index in [1.165, 1.54) is 18.4 Å². The molecule has 0 bridgehead atoms. The Morgan fingerprint density at radius 1 is 1.25 bits per heavy atom. The minimum atomic E-state index is -1.02. The van der Waals surface area contributed by atoms with Crippen molar-refractivity contribution in [2.45, 2.75) is 0 Å². The second kappa shape index (κ2) is 6.40. The van der Waals surface area contributed by atoms with E-state index in [1.54, 1.807) is 17.6 Å². The molecule has 0 aliphatic carbocycles.